The first-order valence-electron chi connectivity index (χ1n) is 13.8. The molecule has 4 aromatic rings. The van der Waals surface area contributed by atoms with Crippen LogP contribution in [0.1, 0.15) is 36.5 Å². The van der Waals surface area contributed by atoms with Crippen LogP contribution in [0.3, 0.4) is 0 Å². The smallest absolute Gasteiger partial charge is 0.153 e. The Morgan fingerprint density at radius 1 is 0.487 bits per heavy atom. The Kier molecular flexibility index (Phi) is 6.59. The van der Waals surface area contributed by atoms with Crippen LogP contribution in [0.5, 0.6) is 0 Å². The van der Waals surface area contributed by atoms with Crippen molar-refractivity contribution in [2.24, 2.45) is 0 Å². The van der Waals surface area contributed by atoms with Gasteiger partial charge in [0.1, 0.15) is 0 Å². The van der Waals surface area contributed by atoms with E-state index in [0.29, 0.717) is 5.92 Å². The molecule has 1 aromatic heterocycles. The molecule has 3 aromatic carbocycles. The minimum atomic E-state index is 0.470. The van der Waals surface area contributed by atoms with Crippen molar-refractivity contribution in [3.63, 3.8) is 0 Å². The Morgan fingerprint density at radius 2 is 1.08 bits per heavy atom. The summed E-state index contributed by atoms with van der Waals surface area (Å²) in [6.07, 6.45) is 0. The Labute approximate surface area is 232 Å². The molecule has 39 heavy (non-hydrogen) atoms. The zero-order chi connectivity index (χ0) is 26.9. The van der Waals surface area contributed by atoms with Gasteiger partial charge in [-0.1, -0.05) is 98.8 Å². The number of nitrogens with zero attached hydrogens (tertiary/aromatic N) is 1. The lowest BCUT2D eigenvalue weighted by atomic mass is 9.96. The molecule has 0 amide bonds. The Morgan fingerprint density at radius 3 is 1.72 bits per heavy atom. The third kappa shape index (κ3) is 4.66. The van der Waals surface area contributed by atoms with E-state index in [1.54, 1.807) is 0 Å². The molecule has 0 bridgehead atoms. The molecule has 0 saturated carbocycles. The van der Waals surface area contributed by atoms with E-state index in [1.165, 1.54) is 61.5 Å². The maximum Gasteiger partial charge on any atom is 0.220 e. The van der Waals surface area contributed by atoms with Crippen LogP contribution in [0.25, 0.3) is 50.5 Å². The predicted octanol–water partition coefficient (Wildman–Crippen LogP) is 9.81. The normalized spacial score (nSPS) is 11.3. The standard InChI is InChI=1S/C38H34N/c1-26(2)31-21-20-27(3)38-34(23-31)28(4)22-35(38)37-25-32(29-14-8-5-9-15-29)24-36(30-16-10-6-11-17-30)39(37)33-18-12-7-13-19-33/h5-26H,1-4H3/q+1. The van der Waals surface area contributed by atoms with Crippen LogP contribution in [-0.4, -0.2) is 0 Å². The summed E-state index contributed by atoms with van der Waals surface area (Å²) in [5.41, 5.74) is 15.0. The Hall–Kier alpha value is -4.49. The second-order valence-corrected chi connectivity index (χ2v) is 10.8. The lowest BCUT2D eigenvalue weighted by Crippen LogP contribution is -2.36. The quantitative estimate of drug-likeness (QED) is 0.206. The highest BCUT2D eigenvalue weighted by Gasteiger charge is 2.29. The summed E-state index contributed by atoms with van der Waals surface area (Å²) in [5.74, 6) is 0.470. The molecule has 1 nitrogen and oxygen atoms in total. The highest BCUT2D eigenvalue weighted by molar-refractivity contribution is 5.90. The van der Waals surface area contributed by atoms with Gasteiger partial charge in [0.15, 0.2) is 0 Å². The molecule has 0 unspecified atom stereocenters. The summed E-state index contributed by atoms with van der Waals surface area (Å²) in [7, 11) is 0. The summed E-state index contributed by atoms with van der Waals surface area (Å²) < 4.78 is 2.44. The number of pyridine rings is 1. The number of aryl methyl sites for hydroxylation is 2. The molecule has 0 spiro atoms. The van der Waals surface area contributed by atoms with Gasteiger partial charge in [0.05, 0.1) is 5.56 Å². The maximum atomic E-state index is 2.44. The van der Waals surface area contributed by atoms with Crippen molar-refractivity contribution < 1.29 is 4.57 Å². The number of aromatic nitrogens is 1. The molecule has 0 saturated heterocycles. The summed E-state index contributed by atoms with van der Waals surface area (Å²) in [5, 5.41) is 0. The fourth-order valence-electron chi connectivity index (χ4n) is 5.67. The van der Waals surface area contributed by atoms with Crippen molar-refractivity contribution in [3.8, 4) is 50.5 Å². The van der Waals surface area contributed by atoms with Crippen molar-refractivity contribution >= 4 is 0 Å². The van der Waals surface area contributed by atoms with Gasteiger partial charge in [-0.05, 0) is 76.9 Å². The SMILES string of the molecule is Cc1cc(-c2cc(-c3ccccc3)cc(-c3ccccc3)[n+]2-c2ccccc2)c2c(C)ccc(C(C)C)cc1-2. The molecule has 2 aliphatic carbocycles. The lowest BCUT2D eigenvalue weighted by Gasteiger charge is -2.13. The minimum Gasteiger partial charge on any atom is -0.153 e. The van der Waals surface area contributed by atoms with E-state index in [1.807, 2.05) is 0 Å². The molecule has 6 rings (SSSR count). The van der Waals surface area contributed by atoms with Crippen molar-refractivity contribution in [3.05, 3.63) is 144 Å². The first-order valence-corrected chi connectivity index (χ1v) is 13.8. The minimum absolute atomic E-state index is 0.470. The molecule has 2 aliphatic rings. The zero-order valence-electron chi connectivity index (χ0n) is 23.1. The lowest BCUT2D eigenvalue weighted by molar-refractivity contribution is -0.572. The van der Waals surface area contributed by atoms with E-state index in [4.69, 9.17) is 0 Å². The summed E-state index contributed by atoms with van der Waals surface area (Å²) in [4.78, 5) is 0. The van der Waals surface area contributed by atoms with E-state index < -0.39 is 0 Å². The summed E-state index contributed by atoms with van der Waals surface area (Å²) in [6, 6.07) is 46.3. The van der Waals surface area contributed by atoms with Gasteiger partial charge >= 0.3 is 0 Å². The van der Waals surface area contributed by atoms with Crippen LogP contribution >= 0.6 is 0 Å². The highest BCUT2D eigenvalue weighted by Crippen LogP contribution is 2.42. The first-order chi connectivity index (χ1) is 19.0. The average Bonchev–Trinajstić information content (AvgIpc) is 3.19. The maximum absolute atomic E-state index is 2.44. The third-order valence-electron chi connectivity index (χ3n) is 7.76. The summed E-state index contributed by atoms with van der Waals surface area (Å²) >= 11 is 0. The van der Waals surface area contributed by atoms with E-state index in [0.717, 1.165) is 5.69 Å². The fraction of sp³-hybridized carbons (Fsp3) is 0.132. The van der Waals surface area contributed by atoms with Gasteiger partial charge in [-0.3, -0.25) is 0 Å². The van der Waals surface area contributed by atoms with Crippen LogP contribution in [0, 0.1) is 13.8 Å². The number of fused-ring (bicyclic) bond motifs is 1. The van der Waals surface area contributed by atoms with Crippen LogP contribution in [0.2, 0.25) is 0 Å². The van der Waals surface area contributed by atoms with Gasteiger partial charge in [-0.2, -0.15) is 4.57 Å². The van der Waals surface area contributed by atoms with Crippen LogP contribution in [0.15, 0.2) is 127 Å². The summed E-state index contributed by atoms with van der Waals surface area (Å²) in [6.45, 7) is 9.05. The van der Waals surface area contributed by atoms with E-state index in [2.05, 4.69) is 160 Å². The van der Waals surface area contributed by atoms with Gasteiger partial charge in [0.2, 0.25) is 17.1 Å². The second kappa shape index (κ2) is 10.3. The monoisotopic (exact) mass is 504 g/mol. The second-order valence-electron chi connectivity index (χ2n) is 10.8. The number of para-hydroxylation sites is 1. The molecule has 0 radical (unpaired) electrons. The van der Waals surface area contributed by atoms with Gasteiger partial charge in [0, 0.05) is 29.8 Å². The van der Waals surface area contributed by atoms with Crippen LogP contribution in [-0.2, 0) is 0 Å². The predicted molar refractivity (Wildman–Crippen MR) is 164 cm³/mol. The molecule has 190 valence electrons. The fourth-order valence-corrected chi connectivity index (χ4v) is 5.67. The van der Waals surface area contributed by atoms with Gasteiger partial charge in [0.25, 0.3) is 0 Å². The van der Waals surface area contributed by atoms with E-state index in [-0.39, 0.29) is 0 Å². The third-order valence-corrected chi connectivity index (χ3v) is 7.76. The van der Waals surface area contributed by atoms with Gasteiger partial charge < -0.3 is 0 Å². The largest absolute Gasteiger partial charge is 0.220 e. The van der Waals surface area contributed by atoms with Crippen molar-refractivity contribution in [2.75, 3.05) is 0 Å². The highest BCUT2D eigenvalue weighted by atomic mass is 15.0. The van der Waals surface area contributed by atoms with Crippen molar-refractivity contribution in [1.82, 2.24) is 0 Å². The average molecular weight is 505 g/mol. The van der Waals surface area contributed by atoms with Crippen LogP contribution in [0.4, 0.5) is 0 Å². The molecule has 0 fully saturated rings. The Bertz CT molecular complexity index is 1710. The van der Waals surface area contributed by atoms with E-state index >= 15 is 0 Å². The van der Waals surface area contributed by atoms with Crippen molar-refractivity contribution in [1.29, 1.82) is 0 Å². The molecule has 1 heterocycles. The molecule has 0 atom stereocenters. The number of benzene rings is 3. The number of rotatable bonds is 5. The number of hydrogen-bond acceptors (Lipinski definition) is 0. The van der Waals surface area contributed by atoms with Gasteiger partial charge in [-0.25, -0.2) is 0 Å². The molecular formula is C38H34N+. The van der Waals surface area contributed by atoms with E-state index in [9.17, 15) is 0 Å². The molecule has 1 heteroatoms. The van der Waals surface area contributed by atoms with Crippen molar-refractivity contribution in [2.45, 2.75) is 33.6 Å². The first kappa shape index (κ1) is 24.8. The molecule has 0 N–H and O–H groups in total. The molecule has 0 aliphatic heterocycles. The molecular weight excluding hydrogens is 470 g/mol. The number of hydrogen-bond donors (Lipinski definition) is 0. The Balaban J connectivity index is 1.74. The van der Waals surface area contributed by atoms with Crippen LogP contribution < -0.4 is 4.57 Å². The van der Waals surface area contributed by atoms with Gasteiger partial charge in [-0.15, -0.1) is 0 Å². The zero-order valence-corrected chi connectivity index (χ0v) is 23.1. The topological polar surface area (TPSA) is 3.88 Å².